The fourth-order valence-electron chi connectivity index (χ4n) is 3.77. The number of anilines is 1. The number of carbonyl (C=O) groups is 2. The summed E-state index contributed by atoms with van der Waals surface area (Å²) in [5, 5.41) is 4.03. The minimum absolute atomic E-state index is 0.0987. The maximum atomic E-state index is 13.2. The van der Waals surface area contributed by atoms with Crippen LogP contribution in [0.15, 0.2) is 41.6 Å². The van der Waals surface area contributed by atoms with Crippen LogP contribution in [0.25, 0.3) is 0 Å². The van der Waals surface area contributed by atoms with E-state index in [1.807, 2.05) is 0 Å². The quantitative estimate of drug-likeness (QED) is 0.726. The Bertz CT molecular complexity index is 1060. The highest BCUT2D eigenvalue weighted by Gasteiger charge is 2.56. The number of benzene rings is 2. The lowest BCUT2D eigenvalue weighted by molar-refractivity contribution is -0.126. The summed E-state index contributed by atoms with van der Waals surface area (Å²) in [6.45, 7) is 0.0987. The molecule has 2 aromatic rings. The summed E-state index contributed by atoms with van der Waals surface area (Å²) in [5.41, 5.74) is 1.25. The average molecular weight is 396 g/mol. The van der Waals surface area contributed by atoms with E-state index in [2.05, 4.69) is 5.16 Å². The van der Waals surface area contributed by atoms with Crippen LogP contribution in [0.4, 0.5) is 5.69 Å². The van der Waals surface area contributed by atoms with E-state index in [0.717, 1.165) is 4.90 Å². The third kappa shape index (κ3) is 2.43. The van der Waals surface area contributed by atoms with Crippen LogP contribution in [-0.2, 0) is 14.4 Å². The molecule has 3 aliphatic heterocycles. The molecule has 3 aliphatic rings. The fraction of sp³-hybridized carbons (Fsp3) is 0.250. The lowest BCUT2D eigenvalue weighted by Gasteiger charge is -2.17. The molecule has 1 saturated heterocycles. The Morgan fingerprint density at radius 1 is 1.03 bits per heavy atom. The number of imide groups is 1. The van der Waals surface area contributed by atoms with Gasteiger partial charge in [0.25, 0.3) is 5.91 Å². The Morgan fingerprint density at radius 3 is 2.66 bits per heavy atom. The van der Waals surface area contributed by atoms with Gasteiger partial charge in [-0.15, -0.1) is 0 Å². The molecule has 29 heavy (non-hydrogen) atoms. The third-order valence-electron chi connectivity index (χ3n) is 5.11. The number of carbonyl (C=O) groups excluding carboxylic acids is 2. The number of rotatable bonds is 4. The minimum atomic E-state index is -1.03. The zero-order valence-corrected chi connectivity index (χ0v) is 15.6. The summed E-state index contributed by atoms with van der Waals surface area (Å²) in [6, 6.07) is 10.1. The first kappa shape index (κ1) is 17.4. The first-order valence-electron chi connectivity index (χ1n) is 8.86. The van der Waals surface area contributed by atoms with E-state index in [1.54, 1.807) is 36.4 Å². The van der Waals surface area contributed by atoms with E-state index >= 15 is 0 Å². The van der Waals surface area contributed by atoms with Crippen LogP contribution in [0, 0.1) is 5.92 Å². The molecule has 0 radical (unpaired) electrons. The molecular formula is C20H16N2O7. The normalized spacial score (nSPS) is 21.7. The van der Waals surface area contributed by atoms with Gasteiger partial charge in [-0.25, -0.2) is 4.90 Å². The van der Waals surface area contributed by atoms with E-state index < -0.39 is 23.8 Å². The van der Waals surface area contributed by atoms with E-state index in [9.17, 15) is 9.59 Å². The van der Waals surface area contributed by atoms with Crippen LogP contribution < -0.4 is 23.8 Å². The van der Waals surface area contributed by atoms with Crippen molar-refractivity contribution in [1.29, 1.82) is 0 Å². The highest BCUT2D eigenvalue weighted by atomic mass is 16.7. The number of oxime groups is 1. The highest BCUT2D eigenvalue weighted by molar-refractivity contribution is 6.32. The zero-order valence-electron chi connectivity index (χ0n) is 15.6. The van der Waals surface area contributed by atoms with Gasteiger partial charge in [0, 0.05) is 11.6 Å². The average Bonchev–Trinajstić information content (AvgIpc) is 3.44. The van der Waals surface area contributed by atoms with Gasteiger partial charge in [-0.3, -0.25) is 9.59 Å². The van der Waals surface area contributed by atoms with Crippen molar-refractivity contribution in [3.63, 3.8) is 0 Å². The van der Waals surface area contributed by atoms with Crippen molar-refractivity contribution < 1.29 is 33.4 Å². The highest BCUT2D eigenvalue weighted by Crippen LogP contribution is 2.42. The molecule has 2 aromatic carbocycles. The molecule has 0 aromatic heterocycles. The number of methoxy groups -OCH3 is 2. The predicted molar refractivity (Wildman–Crippen MR) is 99.5 cm³/mol. The Labute approximate surface area is 165 Å². The van der Waals surface area contributed by atoms with Gasteiger partial charge in [-0.05, 0) is 24.3 Å². The number of hydrogen-bond donors (Lipinski definition) is 0. The van der Waals surface area contributed by atoms with Crippen LogP contribution in [0.3, 0.4) is 0 Å². The summed E-state index contributed by atoms with van der Waals surface area (Å²) < 4.78 is 21.4. The molecule has 0 N–H and O–H groups in total. The summed E-state index contributed by atoms with van der Waals surface area (Å²) in [5.74, 6) is 0.144. The molecule has 1 fully saturated rings. The smallest absolute Gasteiger partial charge is 0.278 e. The summed E-state index contributed by atoms with van der Waals surface area (Å²) in [4.78, 5) is 32.6. The van der Waals surface area contributed by atoms with E-state index in [-0.39, 0.29) is 6.79 Å². The van der Waals surface area contributed by atoms with Crippen LogP contribution in [0.2, 0.25) is 0 Å². The van der Waals surface area contributed by atoms with Gasteiger partial charge in [-0.1, -0.05) is 11.2 Å². The molecule has 2 amide bonds. The first-order valence-corrected chi connectivity index (χ1v) is 8.86. The Morgan fingerprint density at radius 2 is 1.86 bits per heavy atom. The molecule has 0 unspecified atom stereocenters. The molecule has 2 atom stereocenters. The Kier molecular flexibility index (Phi) is 3.83. The van der Waals surface area contributed by atoms with Gasteiger partial charge in [0.15, 0.2) is 23.0 Å². The molecule has 9 heteroatoms. The van der Waals surface area contributed by atoms with Crippen molar-refractivity contribution >= 4 is 23.2 Å². The third-order valence-corrected chi connectivity index (χ3v) is 5.11. The number of para-hydroxylation sites is 1. The monoisotopic (exact) mass is 396 g/mol. The zero-order chi connectivity index (χ0) is 20.1. The number of amides is 2. The lowest BCUT2D eigenvalue weighted by Crippen LogP contribution is -2.33. The predicted octanol–water partition coefficient (Wildman–Crippen LogP) is 1.72. The standard InChI is InChI=1S/C20H16N2O7/c1-25-13-5-3-4-11(17(13)26-2)16-15-18(29-21-16)20(24)22(19(15)23)10-6-7-12-14(8-10)28-9-27-12/h3-8,15,18H,9H2,1-2H3/t15-,18+/m0/s1. The Hall–Kier alpha value is -3.75. The largest absolute Gasteiger partial charge is 0.493 e. The summed E-state index contributed by atoms with van der Waals surface area (Å²) in [7, 11) is 3.01. The van der Waals surface area contributed by atoms with Crippen LogP contribution in [0.1, 0.15) is 5.56 Å². The van der Waals surface area contributed by atoms with E-state index in [4.69, 9.17) is 23.8 Å². The van der Waals surface area contributed by atoms with Crippen molar-refractivity contribution in [3.8, 4) is 23.0 Å². The second-order valence-electron chi connectivity index (χ2n) is 6.57. The van der Waals surface area contributed by atoms with Crippen molar-refractivity contribution in [1.82, 2.24) is 0 Å². The first-order chi connectivity index (χ1) is 14.1. The summed E-state index contributed by atoms with van der Waals surface area (Å²) >= 11 is 0. The minimum Gasteiger partial charge on any atom is -0.493 e. The fourth-order valence-corrected chi connectivity index (χ4v) is 3.77. The van der Waals surface area contributed by atoms with E-state index in [1.165, 1.54) is 14.2 Å². The topological polar surface area (TPSA) is 95.9 Å². The number of ether oxygens (including phenoxy) is 4. The second kappa shape index (κ2) is 6.40. The molecule has 0 saturated carbocycles. The molecular weight excluding hydrogens is 380 g/mol. The van der Waals surface area contributed by atoms with Crippen molar-refractivity contribution in [2.45, 2.75) is 6.10 Å². The number of fused-ring (bicyclic) bond motifs is 2. The lowest BCUT2D eigenvalue weighted by atomic mass is 9.93. The number of nitrogens with zero attached hydrogens (tertiary/aromatic N) is 2. The molecule has 9 nitrogen and oxygen atoms in total. The van der Waals surface area contributed by atoms with Crippen LogP contribution >= 0.6 is 0 Å². The van der Waals surface area contributed by atoms with Gasteiger partial charge < -0.3 is 23.8 Å². The molecule has 148 valence electrons. The Balaban J connectivity index is 1.53. The van der Waals surface area contributed by atoms with Gasteiger partial charge in [0.1, 0.15) is 11.6 Å². The molecule has 0 bridgehead atoms. The second-order valence-corrected chi connectivity index (χ2v) is 6.57. The van der Waals surface area contributed by atoms with Crippen LogP contribution in [-0.4, -0.2) is 44.6 Å². The maximum Gasteiger partial charge on any atom is 0.278 e. The van der Waals surface area contributed by atoms with Gasteiger partial charge >= 0.3 is 0 Å². The van der Waals surface area contributed by atoms with E-state index in [0.29, 0.717) is 40.0 Å². The van der Waals surface area contributed by atoms with Gasteiger partial charge in [0.05, 0.1) is 19.9 Å². The molecule has 5 rings (SSSR count). The molecule has 3 heterocycles. The van der Waals surface area contributed by atoms with Crippen molar-refractivity contribution in [2.75, 3.05) is 25.9 Å². The SMILES string of the molecule is COc1cccc(C2=NO[C@H]3C(=O)N(c4ccc5c(c4)OCO5)C(=O)[C@@H]23)c1OC. The maximum absolute atomic E-state index is 13.2. The molecule has 0 spiro atoms. The number of hydrogen-bond acceptors (Lipinski definition) is 8. The van der Waals surface area contributed by atoms with Crippen LogP contribution in [0.5, 0.6) is 23.0 Å². The van der Waals surface area contributed by atoms with Gasteiger partial charge in [0.2, 0.25) is 18.8 Å². The van der Waals surface area contributed by atoms with Gasteiger partial charge in [-0.2, -0.15) is 0 Å². The molecule has 0 aliphatic carbocycles. The van der Waals surface area contributed by atoms with Crippen molar-refractivity contribution in [3.05, 3.63) is 42.0 Å². The summed E-state index contributed by atoms with van der Waals surface area (Å²) in [6.07, 6.45) is -1.03. The van der Waals surface area contributed by atoms with Crippen molar-refractivity contribution in [2.24, 2.45) is 11.1 Å².